The van der Waals surface area contributed by atoms with Gasteiger partial charge < -0.3 is 14.4 Å². The molecule has 148 valence electrons. The maximum Gasteiger partial charge on any atom is 0.316 e. The number of benzene rings is 2. The van der Waals surface area contributed by atoms with E-state index in [9.17, 15) is 9.59 Å². The van der Waals surface area contributed by atoms with Crippen molar-refractivity contribution < 1.29 is 19.1 Å². The maximum absolute atomic E-state index is 12.7. The van der Waals surface area contributed by atoms with E-state index in [4.69, 9.17) is 9.47 Å². The lowest BCUT2D eigenvalue weighted by Crippen LogP contribution is -2.49. The van der Waals surface area contributed by atoms with Gasteiger partial charge in [-0.2, -0.15) is 0 Å². The molecule has 1 heterocycles. The molecule has 2 aromatic rings. The van der Waals surface area contributed by atoms with Crippen LogP contribution in [0, 0.1) is 0 Å². The van der Waals surface area contributed by atoms with Crippen LogP contribution in [-0.4, -0.2) is 44.1 Å². The first-order chi connectivity index (χ1) is 13.6. The number of piperidine rings is 1. The molecule has 0 radical (unpaired) electrons. The number of likely N-dealkylation sites (tertiary alicyclic amines) is 1. The number of amides is 1. The van der Waals surface area contributed by atoms with Crippen molar-refractivity contribution in [3.8, 4) is 5.75 Å². The van der Waals surface area contributed by atoms with Gasteiger partial charge in [0.05, 0.1) is 19.6 Å². The smallest absolute Gasteiger partial charge is 0.316 e. The van der Waals surface area contributed by atoms with E-state index in [0.29, 0.717) is 38.8 Å². The predicted molar refractivity (Wildman–Crippen MR) is 107 cm³/mol. The van der Waals surface area contributed by atoms with Crippen LogP contribution in [0.5, 0.6) is 5.75 Å². The summed E-state index contributed by atoms with van der Waals surface area (Å²) in [5.74, 6) is 0.699. The largest absolute Gasteiger partial charge is 0.497 e. The van der Waals surface area contributed by atoms with Crippen LogP contribution in [-0.2, 0) is 26.2 Å². The Balaban J connectivity index is 1.63. The van der Waals surface area contributed by atoms with Gasteiger partial charge in [-0.3, -0.25) is 9.59 Å². The van der Waals surface area contributed by atoms with Crippen LogP contribution in [0.4, 0.5) is 0 Å². The fraction of sp³-hybridized carbons (Fsp3) is 0.391. The average Bonchev–Trinajstić information content (AvgIpc) is 2.77. The Labute approximate surface area is 166 Å². The topological polar surface area (TPSA) is 55.8 Å². The molecule has 1 aliphatic heterocycles. The zero-order valence-electron chi connectivity index (χ0n) is 16.5. The highest BCUT2D eigenvalue weighted by Crippen LogP contribution is 2.37. The molecule has 0 bridgehead atoms. The summed E-state index contributed by atoms with van der Waals surface area (Å²) < 4.78 is 10.4. The van der Waals surface area contributed by atoms with Gasteiger partial charge in [0, 0.05) is 19.5 Å². The van der Waals surface area contributed by atoms with Crippen molar-refractivity contribution >= 4 is 11.9 Å². The third-order valence-corrected chi connectivity index (χ3v) is 5.63. The number of carbonyl (C=O) groups is 2. The number of rotatable bonds is 6. The molecule has 2 aromatic carbocycles. The van der Waals surface area contributed by atoms with Crippen molar-refractivity contribution in [3.05, 3.63) is 65.7 Å². The molecule has 3 rings (SSSR count). The van der Waals surface area contributed by atoms with E-state index in [1.165, 1.54) is 7.11 Å². The Morgan fingerprint density at radius 3 is 2.36 bits per heavy atom. The molecule has 0 spiro atoms. The zero-order valence-corrected chi connectivity index (χ0v) is 16.5. The summed E-state index contributed by atoms with van der Waals surface area (Å²) >= 11 is 0. The van der Waals surface area contributed by atoms with Gasteiger partial charge >= 0.3 is 5.97 Å². The minimum atomic E-state index is -0.667. The van der Waals surface area contributed by atoms with Crippen LogP contribution >= 0.6 is 0 Å². The van der Waals surface area contributed by atoms with Crippen molar-refractivity contribution in [1.82, 2.24) is 4.90 Å². The van der Waals surface area contributed by atoms with Gasteiger partial charge in [0.15, 0.2) is 0 Å². The van der Waals surface area contributed by atoms with Crippen molar-refractivity contribution in [2.24, 2.45) is 0 Å². The van der Waals surface area contributed by atoms with Gasteiger partial charge in [-0.1, -0.05) is 42.5 Å². The number of nitrogens with zero attached hydrogens (tertiary/aromatic N) is 1. The Morgan fingerprint density at radius 1 is 1.00 bits per heavy atom. The summed E-state index contributed by atoms with van der Waals surface area (Å²) in [5.41, 5.74) is 1.38. The van der Waals surface area contributed by atoms with E-state index in [2.05, 4.69) is 0 Å². The van der Waals surface area contributed by atoms with E-state index >= 15 is 0 Å². The van der Waals surface area contributed by atoms with Crippen LogP contribution in [0.25, 0.3) is 0 Å². The molecule has 1 aliphatic rings. The Bertz CT molecular complexity index is 810. The predicted octanol–water partition coefficient (Wildman–Crippen LogP) is 3.36. The third kappa shape index (κ3) is 4.19. The van der Waals surface area contributed by atoms with Gasteiger partial charge in [0.2, 0.25) is 5.91 Å². The number of carbonyl (C=O) groups excluding carboxylic acids is 2. The van der Waals surface area contributed by atoms with Crippen molar-refractivity contribution in [1.29, 1.82) is 0 Å². The van der Waals surface area contributed by atoms with Crippen LogP contribution in [0.1, 0.15) is 30.4 Å². The highest BCUT2D eigenvalue weighted by Gasteiger charge is 2.44. The molecule has 1 fully saturated rings. The van der Waals surface area contributed by atoms with Crippen LogP contribution in [0.3, 0.4) is 0 Å². The molecule has 28 heavy (non-hydrogen) atoms. The fourth-order valence-corrected chi connectivity index (χ4v) is 3.94. The second-order valence-corrected chi connectivity index (χ2v) is 7.17. The molecule has 0 unspecified atom stereocenters. The van der Waals surface area contributed by atoms with E-state index in [1.807, 2.05) is 59.5 Å². The van der Waals surface area contributed by atoms with Crippen molar-refractivity contribution in [2.45, 2.75) is 31.1 Å². The zero-order chi connectivity index (χ0) is 20.0. The molecule has 5 heteroatoms. The summed E-state index contributed by atoms with van der Waals surface area (Å²) in [6, 6.07) is 17.5. The average molecular weight is 381 g/mol. The standard InChI is InChI=1S/C23H27NO4/c1-27-20-10-6-7-18(17-20)11-12-21(25)24-15-13-23(14-16-24,22(26)28-2)19-8-4-3-5-9-19/h3-10,17H,11-16H2,1-2H3. The molecule has 0 N–H and O–H groups in total. The lowest BCUT2D eigenvalue weighted by molar-refractivity contribution is -0.151. The number of hydrogen-bond acceptors (Lipinski definition) is 4. The first-order valence-electron chi connectivity index (χ1n) is 9.64. The van der Waals surface area contributed by atoms with Crippen molar-refractivity contribution in [3.63, 3.8) is 0 Å². The monoisotopic (exact) mass is 381 g/mol. The van der Waals surface area contributed by atoms with Crippen molar-refractivity contribution in [2.75, 3.05) is 27.3 Å². The molecule has 0 aliphatic carbocycles. The molecule has 5 nitrogen and oxygen atoms in total. The fourth-order valence-electron chi connectivity index (χ4n) is 3.94. The first-order valence-corrected chi connectivity index (χ1v) is 9.64. The number of ether oxygens (including phenoxy) is 2. The van der Waals surface area contributed by atoms with Gasteiger partial charge in [0.1, 0.15) is 5.75 Å². The Kier molecular flexibility index (Phi) is 6.34. The molecule has 1 amide bonds. The highest BCUT2D eigenvalue weighted by atomic mass is 16.5. The first kappa shape index (κ1) is 19.9. The van der Waals surface area contributed by atoms with E-state index in [0.717, 1.165) is 16.9 Å². The molecule has 0 atom stereocenters. The molecule has 0 aromatic heterocycles. The number of methoxy groups -OCH3 is 2. The number of hydrogen-bond donors (Lipinski definition) is 0. The van der Waals surface area contributed by atoms with Crippen LogP contribution in [0.15, 0.2) is 54.6 Å². The summed E-state index contributed by atoms with van der Waals surface area (Å²) in [5, 5.41) is 0. The number of esters is 1. The minimum Gasteiger partial charge on any atom is -0.497 e. The lowest BCUT2D eigenvalue weighted by Gasteiger charge is -2.40. The molecular weight excluding hydrogens is 354 g/mol. The third-order valence-electron chi connectivity index (χ3n) is 5.63. The molecule has 0 saturated carbocycles. The van der Waals surface area contributed by atoms with Crippen LogP contribution in [0.2, 0.25) is 0 Å². The molecule has 1 saturated heterocycles. The van der Waals surface area contributed by atoms with E-state index < -0.39 is 5.41 Å². The van der Waals surface area contributed by atoms with Gasteiger partial charge in [0.25, 0.3) is 0 Å². The van der Waals surface area contributed by atoms with Gasteiger partial charge in [-0.15, -0.1) is 0 Å². The van der Waals surface area contributed by atoms with Crippen LogP contribution < -0.4 is 4.74 Å². The second kappa shape index (κ2) is 8.91. The van der Waals surface area contributed by atoms with Gasteiger partial charge in [-0.05, 0) is 42.5 Å². The van der Waals surface area contributed by atoms with E-state index in [1.54, 1.807) is 7.11 Å². The minimum absolute atomic E-state index is 0.120. The normalized spacial score (nSPS) is 15.7. The number of aryl methyl sites for hydroxylation is 1. The lowest BCUT2D eigenvalue weighted by atomic mass is 9.72. The SMILES string of the molecule is COC(=O)C1(c2ccccc2)CCN(C(=O)CCc2cccc(OC)c2)CC1. The summed E-state index contributed by atoms with van der Waals surface area (Å²) in [7, 11) is 3.07. The summed E-state index contributed by atoms with van der Waals surface area (Å²) in [4.78, 5) is 27.2. The quantitative estimate of drug-likeness (QED) is 0.720. The highest BCUT2D eigenvalue weighted by molar-refractivity contribution is 5.84. The molecular formula is C23H27NO4. The van der Waals surface area contributed by atoms with E-state index in [-0.39, 0.29) is 11.9 Å². The summed E-state index contributed by atoms with van der Waals surface area (Å²) in [6.07, 6.45) is 2.28. The maximum atomic E-state index is 12.7. The second-order valence-electron chi connectivity index (χ2n) is 7.17. The Morgan fingerprint density at radius 2 is 1.71 bits per heavy atom. The summed E-state index contributed by atoms with van der Waals surface area (Å²) in [6.45, 7) is 1.11. The Hall–Kier alpha value is -2.82. The van der Waals surface area contributed by atoms with Gasteiger partial charge in [-0.25, -0.2) is 0 Å².